The van der Waals surface area contributed by atoms with Gasteiger partial charge in [-0.1, -0.05) is 27.7 Å². The van der Waals surface area contributed by atoms with Crippen LogP contribution in [0.2, 0.25) is 0 Å². The molecular weight excluding hydrogens is 198 g/mol. The molecule has 4 heteroatoms. The van der Waals surface area contributed by atoms with Gasteiger partial charge in [-0.2, -0.15) is 0 Å². The zero-order chi connectivity index (χ0) is 11.3. The molecule has 1 atom stereocenters. The Kier molecular flexibility index (Phi) is 5.84. The molecule has 82 valence electrons. The number of likely N-dealkylation sites (tertiary alicyclic amines) is 1. The van der Waals surface area contributed by atoms with Gasteiger partial charge in [-0.05, 0) is 5.25 Å². The monoisotopic (exact) mass is 217 g/mol. The Morgan fingerprint density at radius 3 is 2.14 bits per heavy atom. The molecule has 1 rings (SSSR count). The van der Waals surface area contributed by atoms with Crippen molar-refractivity contribution in [3.8, 4) is 0 Å². The Labute approximate surface area is 90.2 Å². The number of carbonyl (C=O) groups excluding carboxylic acids is 2. The molecule has 0 aromatic carbocycles. The smallest absolute Gasteiger partial charge is 0.242 e. The summed E-state index contributed by atoms with van der Waals surface area (Å²) in [6.45, 7) is 8.06. The molecule has 0 aliphatic carbocycles. The first-order valence-electron chi connectivity index (χ1n) is 4.98. The van der Waals surface area contributed by atoms with E-state index in [9.17, 15) is 9.59 Å². The molecule has 0 radical (unpaired) electrons. The van der Waals surface area contributed by atoms with E-state index in [0.29, 0.717) is 11.7 Å². The second-order valence-corrected chi connectivity index (χ2v) is 4.95. The third-order valence-corrected chi connectivity index (χ3v) is 3.02. The lowest BCUT2D eigenvalue weighted by atomic mass is 10.4. The minimum absolute atomic E-state index is 0.0429. The van der Waals surface area contributed by atoms with E-state index in [4.69, 9.17) is 0 Å². The molecule has 0 aromatic rings. The summed E-state index contributed by atoms with van der Waals surface area (Å²) in [7, 11) is 1.55. The molecule has 1 aliphatic rings. The summed E-state index contributed by atoms with van der Waals surface area (Å²) in [6, 6.07) is 0. The lowest BCUT2D eigenvalue weighted by Gasteiger charge is -2.10. The van der Waals surface area contributed by atoms with Crippen LogP contribution in [0.5, 0.6) is 0 Å². The van der Waals surface area contributed by atoms with Gasteiger partial charge in [0, 0.05) is 13.5 Å². The number of nitrogens with zero attached hydrogens (tertiary/aromatic N) is 1. The van der Waals surface area contributed by atoms with Crippen molar-refractivity contribution >= 4 is 23.6 Å². The van der Waals surface area contributed by atoms with E-state index in [2.05, 4.69) is 0 Å². The quantitative estimate of drug-likeness (QED) is 0.663. The fraction of sp³-hybridized carbons (Fsp3) is 0.800. The second-order valence-electron chi connectivity index (χ2n) is 3.17. The average molecular weight is 217 g/mol. The summed E-state index contributed by atoms with van der Waals surface area (Å²) in [6.07, 6.45) is 0.373. The van der Waals surface area contributed by atoms with Gasteiger partial charge in [0.15, 0.2) is 0 Å². The SMILES string of the molecule is CC.CC(C)SC1CC(=O)N(C)C1=O. The summed E-state index contributed by atoms with van der Waals surface area (Å²) in [4.78, 5) is 23.6. The van der Waals surface area contributed by atoms with Crippen LogP contribution < -0.4 is 0 Å². The van der Waals surface area contributed by atoms with E-state index >= 15 is 0 Å². The summed E-state index contributed by atoms with van der Waals surface area (Å²) in [5, 5.41) is 0.265. The van der Waals surface area contributed by atoms with Crippen molar-refractivity contribution < 1.29 is 9.59 Å². The molecule has 2 amide bonds. The topological polar surface area (TPSA) is 37.4 Å². The minimum Gasteiger partial charge on any atom is -0.285 e. The Morgan fingerprint density at radius 2 is 1.86 bits per heavy atom. The lowest BCUT2D eigenvalue weighted by molar-refractivity contribution is -0.136. The highest BCUT2D eigenvalue weighted by molar-refractivity contribution is 8.01. The number of hydrogen-bond donors (Lipinski definition) is 0. The first kappa shape index (κ1) is 13.5. The summed E-state index contributed by atoms with van der Waals surface area (Å²) >= 11 is 1.57. The number of hydrogen-bond acceptors (Lipinski definition) is 3. The van der Waals surface area contributed by atoms with Crippen LogP contribution in [-0.4, -0.2) is 34.3 Å². The summed E-state index contributed by atoms with van der Waals surface area (Å²) in [5.41, 5.74) is 0. The lowest BCUT2D eigenvalue weighted by Crippen LogP contribution is -2.27. The van der Waals surface area contributed by atoms with E-state index in [1.54, 1.807) is 18.8 Å². The second kappa shape index (κ2) is 6.06. The summed E-state index contributed by atoms with van der Waals surface area (Å²) in [5.74, 6) is -0.100. The van der Waals surface area contributed by atoms with Crippen LogP contribution >= 0.6 is 11.8 Å². The predicted molar refractivity (Wildman–Crippen MR) is 60.3 cm³/mol. The van der Waals surface area contributed by atoms with Crippen LogP contribution in [0.1, 0.15) is 34.1 Å². The predicted octanol–water partition coefficient (Wildman–Crippen LogP) is 1.91. The van der Waals surface area contributed by atoms with Gasteiger partial charge in [-0.25, -0.2) is 0 Å². The first-order chi connectivity index (χ1) is 6.52. The molecule has 0 bridgehead atoms. The third kappa shape index (κ3) is 3.33. The Bertz CT molecular complexity index is 216. The Morgan fingerprint density at radius 1 is 1.36 bits per heavy atom. The van der Waals surface area contributed by atoms with Gasteiger partial charge in [-0.3, -0.25) is 14.5 Å². The molecule has 1 unspecified atom stereocenters. The van der Waals surface area contributed by atoms with Crippen LogP contribution in [0, 0.1) is 0 Å². The molecule has 1 heterocycles. The van der Waals surface area contributed by atoms with Gasteiger partial charge < -0.3 is 0 Å². The first-order valence-corrected chi connectivity index (χ1v) is 5.92. The fourth-order valence-electron chi connectivity index (χ4n) is 1.16. The molecule has 0 aromatic heterocycles. The van der Waals surface area contributed by atoms with Gasteiger partial charge >= 0.3 is 0 Å². The molecule has 1 fully saturated rings. The van der Waals surface area contributed by atoms with Crippen molar-refractivity contribution in [2.24, 2.45) is 0 Å². The molecule has 3 nitrogen and oxygen atoms in total. The zero-order valence-electron chi connectivity index (χ0n) is 9.53. The number of imide groups is 1. The average Bonchev–Trinajstić information content (AvgIpc) is 2.36. The van der Waals surface area contributed by atoms with Gasteiger partial charge in [0.25, 0.3) is 0 Å². The Hall–Kier alpha value is -0.510. The molecule has 0 spiro atoms. The number of carbonyl (C=O) groups is 2. The van der Waals surface area contributed by atoms with Crippen molar-refractivity contribution in [3.63, 3.8) is 0 Å². The van der Waals surface area contributed by atoms with Crippen LogP contribution in [0.4, 0.5) is 0 Å². The van der Waals surface area contributed by atoms with Gasteiger partial charge in [0.05, 0.1) is 5.25 Å². The Balaban J connectivity index is 0.000000791. The maximum Gasteiger partial charge on any atom is 0.242 e. The third-order valence-electron chi connectivity index (χ3n) is 1.78. The van der Waals surface area contributed by atoms with E-state index in [1.165, 1.54) is 4.90 Å². The van der Waals surface area contributed by atoms with Crippen molar-refractivity contribution in [2.45, 2.75) is 44.6 Å². The molecule has 0 N–H and O–H groups in total. The standard InChI is InChI=1S/C8H13NO2S.C2H6/c1-5(2)12-6-4-7(10)9(3)8(6)11;1-2/h5-6H,4H2,1-3H3;1-2H3. The van der Waals surface area contributed by atoms with Crippen molar-refractivity contribution in [1.82, 2.24) is 4.90 Å². The largest absolute Gasteiger partial charge is 0.285 e. The van der Waals surface area contributed by atoms with E-state index in [1.807, 2.05) is 27.7 Å². The number of thioether (sulfide) groups is 1. The summed E-state index contributed by atoms with van der Waals surface area (Å²) < 4.78 is 0. The van der Waals surface area contributed by atoms with Crippen molar-refractivity contribution in [1.29, 1.82) is 0 Å². The molecule has 14 heavy (non-hydrogen) atoms. The zero-order valence-corrected chi connectivity index (χ0v) is 10.4. The minimum atomic E-state index is -0.137. The van der Waals surface area contributed by atoms with Crippen LogP contribution in [0.25, 0.3) is 0 Å². The number of rotatable bonds is 2. The van der Waals surface area contributed by atoms with Crippen LogP contribution in [-0.2, 0) is 9.59 Å². The van der Waals surface area contributed by atoms with Gasteiger partial charge in [-0.15, -0.1) is 11.8 Å². The van der Waals surface area contributed by atoms with Crippen LogP contribution in [0.15, 0.2) is 0 Å². The van der Waals surface area contributed by atoms with E-state index in [0.717, 1.165) is 0 Å². The molecule has 0 saturated carbocycles. The normalized spacial score (nSPS) is 21.3. The maximum absolute atomic E-state index is 11.3. The highest BCUT2D eigenvalue weighted by Crippen LogP contribution is 2.26. The van der Waals surface area contributed by atoms with E-state index in [-0.39, 0.29) is 17.1 Å². The van der Waals surface area contributed by atoms with Gasteiger partial charge in [0.2, 0.25) is 11.8 Å². The van der Waals surface area contributed by atoms with Crippen molar-refractivity contribution in [2.75, 3.05) is 7.05 Å². The van der Waals surface area contributed by atoms with Crippen LogP contribution in [0.3, 0.4) is 0 Å². The van der Waals surface area contributed by atoms with Gasteiger partial charge in [0.1, 0.15) is 0 Å². The molecule has 1 aliphatic heterocycles. The highest BCUT2D eigenvalue weighted by atomic mass is 32.2. The number of amides is 2. The molecular formula is C10H19NO2S. The molecule has 1 saturated heterocycles. The van der Waals surface area contributed by atoms with E-state index < -0.39 is 0 Å². The highest BCUT2D eigenvalue weighted by Gasteiger charge is 2.36. The van der Waals surface area contributed by atoms with Crippen molar-refractivity contribution in [3.05, 3.63) is 0 Å². The fourth-order valence-corrected chi connectivity index (χ4v) is 2.33. The maximum atomic E-state index is 11.3.